The number of aromatic nitrogens is 3. The second-order valence-electron chi connectivity index (χ2n) is 9.09. The van der Waals surface area contributed by atoms with E-state index in [2.05, 4.69) is 10.1 Å². The maximum atomic E-state index is 13.2. The molecular formula is C21H26FN5O3. The molecule has 2 saturated heterocycles. The van der Waals surface area contributed by atoms with Crippen molar-refractivity contribution in [3.8, 4) is 5.82 Å². The van der Waals surface area contributed by atoms with Gasteiger partial charge in [-0.2, -0.15) is 5.10 Å². The molecule has 0 bridgehead atoms. The fourth-order valence-electron chi connectivity index (χ4n) is 4.04. The molecule has 0 unspecified atom stereocenters. The Labute approximate surface area is 174 Å². The zero-order valence-corrected chi connectivity index (χ0v) is 17.6. The topological polar surface area (TPSA) is 80.6 Å². The summed E-state index contributed by atoms with van der Waals surface area (Å²) < 4.78 is 19.9. The molecule has 2 amide bonds. The van der Waals surface area contributed by atoms with E-state index in [1.807, 2.05) is 38.7 Å². The van der Waals surface area contributed by atoms with E-state index < -0.39 is 16.8 Å². The Morgan fingerprint density at radius 2 is 2.00 bits per heavy atom. The SMILES string of the molecule is C[C@@H](c1ccc(-n2cc(F)cn2)nc1)N1CCC2(CN(C(=O)OC(C)(C)C)C2)C1=O. The minimum absolute atomic E-state index is 0.0630. The number of hydrogen-bond donors (Lipinski definition) is 0. The van der Waals surface area contributed by atoms with Crippen LogP contribution in [-0.4, -0.2) is 61.8 Å². The summed E-state index contributed by atoms with van der Waals surface area (Å²) in [6.45, 7) is 8.87. The smallest absolute Gasteiger partial charge is 0.410 e. The van der Waals surface area contributed by atoms with E-state index >= 15 is 0 Å². The lowest BCUT2D eigenvalue weighted by atomic mass is 9.78. The Bertz CT molecular complexity index is 960. The summed E-state index contributed by atoms with van der Waals surface area (Å²) in [7, 11) is 0. The number of nitrogens with zero attached hydrogens (tertiary/aromatic N) is 5. The third-order valence-corrected chi connectivity index (χ3v) is 5.69. The summed E-state index contributed by atoms with van der Waals surface area (Å²) in [6.07, 6.45) is 4.41. The minimum atomic E-state index is -0.554. The Kier molecular flexibility index (Phi) is 4.79. The number of carbonyl (C=O) groups excluding carboxylic acids is 2. The minimum Gasteiger partial charge on any atom is -0.444 e. The van der Waals surface area contributed by atoms with E-state index in [1.54, 1.807) is 17.2 Å². The summed E-state index contributed by atoms with van der Waals surface area (Å²) in [5.74, 6) is 0.141. The highest BCUT2D eigenvalue weighted by Crippen LogP contribution is 2.43. The van der Waals surface area contributed by atoms with Crippen LogP contribution >= 0.6 is 0 Å². The van der Waals surface area contributed by atoms with Crippen LogP contribution in [0.5, 0.6) is 0 Å². The summed E-state index contributed by atoms with van der Waals surface area (Å²) >= 11 is 0. The molecule has 4 heterocycles. The molecule has 2 aromatic rings. The van der Waals surface area contributed by atoms with Crippen molar-refractivity contribution in [3.05, 3.63) is 42.1 Å². The predicted molar refractivity (Wildman–Crippen MR) is 106 cm³/mol. The maximum absolute atomic E-state index is 13.2. The van der Waals surface area contributed by atoms with E-state index in [0.29, 0.717) is 31.9 Å². The first kappa shape index (κ1) is 20.3. The molecule has 2 aromatic heterocycles. The number of pyridine rings is 1. The number of rotatable bonds is 3. The summed E-state index contributed by atoms with van der Waals surface area (Å²) in [6, 6.07) is 3.48. The molecule has 0 radical (unpaired) electrons. The molecule has 1 atom stereocenters. The molecule has 2 aliphatic rings. The van der Waals surface area contributed by atoms with Gasteiger partial charge in [-0.05, 0) is 45.7 Å². The molecule has 9 heteroatoms. The van der Waals surface area contributed by atoms with Crippen molar-refractivity contribution in [2.45, 2.75) is 45.8 Å². The van der Waals surface area contributed by atoms with Gasteiger partial charge in [0, 0.05) is 25.8 Å². The van der Waals surface area contributed by atoms with Crippen molar-refractivity contribution in [3.63, 3.8) is 0 Å². The fourth-order valence-corrected chi connectivity index (χ4v) is 4.04. The van der Waals surface area contributed by atoms with Crippen LogP contribution in [0.2, 0.25) is 0 Å². The summed E-state index contributed by atoms with van der Waals surface area (Å²) in [5, 5.41) is 3.90. The van der Waals surface area contributed by atoms with Gasteiger partial charge in [-0.25, -0.2) is 18.9 Å². The normalized spacial score (nSPS) is 19.2. The van der Waals surface area contributed by atoms with Crippen LogP contribution in [0.15, 0.2) is 30.7 Å². The Morgan fingerprint density at radius 3 is 2.57 bits per heavy atom. The van der Waals surface area contributed by atoms with Crippen molar-refractivity contribution < 1.29 is 18.7 Å². The average Bonchev–Trinajstić information content (AvgIpc) is 3.22. The number of carbonyl (C=O) groups is 2. The first-order chi connectivity index (χ1) is 14.1. The Morgan fingerprint density at radius 1 is 1.27 bits per heavy atom. The fraction of sp³-hybridized carbons (Fsp3) is 0.524. The molecule has 0 aromatic carbocycles. The van der Waals surface area contributed by atoms with E-state index in [0.717, 1.165) is 11.8 Å². The van der Waals surface area contributed by atoms with E-state index in [-0.39, 0.29) is 18.0 Å². The van der Waals surface area contributed by atoms with Crippen LogP contribution in [0.4, 0.5) is 9.18 Å². The predicted octanol–water partition coefficient (Wildman–Crippen LogP) is 2.94. The number of ether oxygens (including phenoxy) is 1. The average molecular weight is 415 g/mol. The van der Waals surface area contributed by atoms with Gasteiger partial charge in [0.05, 0.1) is 23.9 Å². The van der Waals surface area contributed by atoms with Crippen LogP contribution in [0.1, 0.15) is 45.7 Å². The zero-order chi connectivity index (χ0) is 21.7. The lowest BCUT2D eigenvalue weighted by molar-refractivity contribution is -0.145. The molecule has 0 saturated carbocycles. The third kappa shape index (κ3) is 3.64. The second-order valence-corrected chi connectivity index (χ2v) is 9.09. The van der Waals surface area contributed by atoms with Gasteiger partial charge in [-0.3, -0.25) is 4.79 Å². The number of hydrogen-bond acceptors (Lipinski definition) is 5. The van der Waals surface area contributed by atoms with Gasteiger partial charge in [0.1, 0.15) is 5.60 Å². The standard InChI is InChI=1S/C21H26FN5O3/c1-14(15-5-6-17(23-9-15)27-11-16(22)10-24-27)26-8-7-21(18(26)28)12-25(13-21)19(29)30-20(2,3)4/h5-6,9-11,14H,7-8,12-13H2,1-4H3/t14-/m0/s1. The number of amides is 2. The molecule has 0 aliphatic carbocycles. The highest BCUT2D eigenvalue weighted by Gasteiger charge is 2.57. The van der Waals surface area contributed by atoms with Gasteiger partial charge in [0.25, 0.3) is 0 Å². The van der Waals surface area contributed by atoms with E-state index in [1.165, 1.54) is 10.9 Å². The Hall–Kier alpha value is -2.97. The van der Waals surface area contributed by atoms with Gasteiger partial charge < -0.3 is 14.5 Å². The molecular weight excluding hydrogens is 389 g/mol. The van der Waals surface area contributed by atoms with Crippen molar-refractivity contribution >= 4 is 12.0 Å². The van der Waals surface area contributed by atoms with Crippen LogP contribution in [-0.2, 0) is 9.53 Å². The van der Waals surface area contributed by atoms with E-state index in [9.17, 15) is 14.0 Å². The Balaban J connectivity index is 1.40. The quantitative estimate of drug-likeness (QED) is 0.770. The van der Waals surface area contributed by atoms with Gasteiger partial charge in [0.2, 0.25) is 5.91 Å². The van der Waals surface area contributed by atoms with Crippen LogP contribution in [0, 0.1) is 11.2 Å². The van der Waals surface area contributed by atoms with Crippen molar-refractivity contribution in [1.82, 2.24) is 24.6 Å². The molecule has 4 rings (SSSR count). The molecule has 0 N–H and O–H groups in total. The lowest BCUT2D eigenvalue weighted by Crippen LogP contribution is -2.62. The molecule has 2 fully saturated rings. The molecule has 2 aliphatic heterocycles. The molecule has 8 nitrogen and oxygen atoms in total. The highest BCUT2D eigenvalue weighted by atomic mass is 19.1. The molecule has 1 spiro atoms. The largest absolute Gasteiger partial charge is 0.444 e. The van der Waals surface area contributed by atoms with Gasteiger partial charge in [-0.1, -0.05) is 6.07 Å². The van der Waals surface area contributed by atoms with Crippen LogP contribution in [0.25, 0.3) is 5.82 Å². The van der Waals surface area contributed by atoms with Gasteiger partial charge in [0.15, 0.2) is 11.6 Å². The van der Waals surface area contributed by atoms with Gasteiger partial charge >= 0.3 is 6.09 Å². The highest BCUT2D eigenvalue weighted by molar-refractivity contribution is 5.88. The van der Waals surface area contributed by atoms with Crippen LogP contribution < -0.4 is 0 Å². The van der Waals surface area contributed by atoms with E-state index in [4.69, 9.17) is 4.74 Å². The van der Waals surface area contributed by atoms with Crippen LogP contribution in [0.3, 0.4) is 0 Å². The summed E-state index contributed by atoms with van der Waals surface area (Å²) in [5.41, 5.74) is -0.174. The first-order valence-corrected chi connectivity index (χ1v) is 10.0. The van der Waals surface area contributed by atoms with Crippen molar-refractivity contribution in [1.29, 1.82) is 0 Å². The molecule has 160 valence electrons. The second kappa shape index (κ2) is 7.07. The summed E-state index contributed by atoms with van der Waals surface area (Å²) in [4.78, 5) is 33.1. The number of halogens is 1. The zero-order valence-electron chi connectivity index (χ0n) is 17.6. The number of likely N-dealkylation sites (tertiary alicyclic amines) is 2. The first-order valence-electron chi connectivity index (χ1n) is 10.0. The van der Waals surface area contributed by atoms with Gasteiger partial charge in [-0.15, -0.1) is 0 Å². The van der Waals surface area contributed by atoms with Crippen molar-refractivity contribution in [2.75, 3.05) is 19.6 Å². The third-order valence-electron chi connectivity index (χ3n) is 5.69. The van der Waals surface area contributed by atoms with Crippen molar-refractivity contribution in [2.24, 2.45) is 5.41 Å². The maximum Gasteiger partial charge on any atom is 0.410 e. The lowest BCUT2D eigenvalue weighted by Gasteiger charge is -2.46. The molecule has 30 heavy (non-hydrogen) atoms. The monoisotopic (exact) mass is 415 g/mol.